The fraction of sp³-hybridized carbons (Fsp3) is 0. The van der Waals surface area contributed by atoms with Gasteiger partial charge in [0.05, 0.1) is 22.8 Å². The first-order valence-corrected chi connectivity index (χ1v) is 22.4. The summed E-state index contributed by atoms with van der Waals surface area (Å²) in [5, 5.41) is 8.77. The molecule has 0 aliphatic carbocycles. The SMILES string of the molecule is c1ccc(-c2cc(-c3cccc4ccccc34)nc(-c3cc(-c4nc(-c5ccccc5)cc(-c5cccc6ccccc56)n4)cc(-c4nc5c6ccccc6c6ccccc6c5o4)c3)n2)cc1. The van der Waals surface area contributed by atoms with Crippen LogP contribution in [0.3, 0.4) is 0 Å². The molecule has 3 heterocycles. The van der Waals surface area contributed by atoms with Crippen molar-refractivity contribution in [1.29, 1.82) is 0 Å². The van der Waals surface area contributed by atoms with Gasteiger partial charge in [0.25, 0.3) is 0 Å². The Bertz CT molecular complexity index is 3780. The number of rotatable bonds is 7. The third-order valence-corrected chi connectivity index (χ3v) is 12.7. The molecule has 0 amide bonds. The smallest absolute Gasteiger partial charge is 0.227 e. The van der Waals surface area contributed by atoms with Crippen LogP contribution < -0.4 is 0 Å². The molecule has 67 heavy (non-hydrogen) atoms. The summed E-state index contributed by atoms with van der Waals surface area (Å²) in [5.74, 6) is 1.57. The topological polar surface area (TPSA) is 77.6 Å². The van der Waals surface area contributed by atoms with E-state index in [1.807, 2.05) is 42.5 Å². The fourth-order valence-corrected chi connectivity index (χ4v) is 9.50. The molecule has 0 aliphatic rings. The van der Waals surface area contributed by atoms with Gasteiger partial charge in [-0.25, -0.2) is 24.9 Å². The van der Waals surface area contributed by atoms with Crippen molar-refractivity contribution < 1.29 is 4.42 Å². The molecule has 13 aromatic rings. The van der Waals surface area contributed by atoms with Crippen molar-refractivity contribution in [3.8, 4) is 79.3 Å². The molecule has 0 spiro atoms. The largest absolute Gasteiger partial charge is 0.435 e. The fourth-order valence-electron chi connectivity index (χ4n) is 9.50. The van der Waals surface area contributed by atoms with Crippen molar-refractivity contribution >= 4 is 54.2 Å². The van der Waals surface area contributed by atoms with Gasteiger partial charge in [-0.1, -0.05) is 194 Å². The van der Waals surface area contributed by atoms with Crippen molar-refractivity contribution in [2.45, 2.75) is 0 Å². The van der Waals surface area contributed by atoms with Crippen LogP contribution in [0.5, 0.6) is 0 Å². The van der Waals surface area contributed by atoms with Crippen LogP contribution in [-0.4, -0.2) is 24.9 Å². The lowest BCUT2D eigenvalue weighted by atomic mass is 9.99. The van der Waals surface area contributed by atoms with E-state index in [-0.39, 0.29) is 0 Å². The van der Waals surface area contributed by atoms with Crippen LogP contribution in [0.1, 0.15) is 0 Å². The molecule has 6 heteroatoms. The second-order valence-electron chi connectivity index (χ2n) is 16.8. The Morgan fingerprint density at radius 3 is 1.21 bits per heavy atom. The second-order valence-corrected chi connectivity index (χ2v) is 16.8. The quantitative estimate of drug-likeness (QED) is 0.149. The Morgan fingerprint density at radius 2 is 0.672 bits per heavy atom. The number of hydrogen-bond donors (Lipinski definition) is 0. The minimum atomic E-state index is 0.474. The van der Waals surface area contributed by atoms with Crippen molar-refractivity contribution in [1.82, 2.24) is 24.9 Å². The van der Waals surface area contributed by atoms with Crippen LogP contribution in [0.15, 0.2) is 229 Å². The van der Waals surface area contributed by atoms with Crippen molar-refractivity contribution in [2.75, 3.05) is 0 Å². The maximum atomic E-state index is 6.93. The Balaban J connectivity index is 1.09. The van der Waals surface area contributed by atoms with E-state index in [0.717, 1.165) is 116 Å². The van der Waals surface area contributed by atoms with E-state index >= 15 is 0 Å². The molecule has 0 unspecified atom stereocenters. The first kappa shape index (κ1) is 38.3. The van der Waals surface area contributed by atoms with Crippen molar-refractivity contribution in [3.63, 3.8) is 0 Å². The summed E-state index contributed by atoms with van der Waals surface area (Å²) in [6.45, 7) is 0. The third-order valence-electron chi connectivity index (χ3n) is 12.7. The van der Waals surface area contributed by atoms with Crippen molar-refractivity contribution in [3.05, 3.63) is 224 Å². The lowest BCUT2D eigenvalue weighted by molar-refractivity contribution is 0.623. The summed E-state index contributed by atoms with van der Waals surface area (Å²) in [6, 6.07) is 77.4. The molecule has 3 aromatic heterocycles. The predicted octanol–water partition coefficient (Wildman–Crippen LogP) is 15.7. The Hall–Kier alpha value is -9.13. The average Bonchev–Trinajstić information content (AvgIpc) is 3.87. The summed E-state index contributed by atoms with van der Waals surface area (Å²) >= 11 is 0. The minimum Gasteiger partial charge on any atom is -0.435 e. The molecular weight excluding hydrogens is 819 g/mol. The number of hydrogen-bond acceptors (Lipinski definition) is 6. The van der Waals surface area contributed by atoms with Gasteiger partial charge < -0.3 is 4.42 Å². The first-order chi connectivity index (χ1) is 33.2. The highest BCUT2D eigenvalue weighted by atomic mass is 16.3. The van der Waals surface area contributed by atoms with Gasteiger partial charge in [-0.2, -0.15) is 0 Å². The van der Waals surface area contributed by atoms with E-state index in [2.05, 4.69) is 182 Å². The summed E-state index contributed by atoms with van der Waals surface area (Å²) in [5.41, 5.74) is 11.1. The molecule has 0 saturated heterocycles. The number of nitrogens with zero attached hydrogens (tertiary/aromatic N) is 5. The highest BCUT2D eigenvalue weighted by molar-refractivity contribution is 6.22. The first-order valence-electron chi connectivity index (χ1n) is 22.4. The van der Waals surface area contributed by atoms with Crippen molar-refractivity contribution in [2.24, 2.45) is 0 Å². The molecule has 0 atom stereocenters. The molecule has 0 N–H and O–H groups in total. The molecule has 0 bridgehead atoms. The molecule has 312 valence electrons. The number of benzene rings is 10. The van der Waals surface area contributed by atoms with Gasteiger partial charge in [0.15, 0.2) is 17.2 Å². The normalized spacial score (nSPS) is 11.6. The third kappa shape index (κ3) is 6.78. The van der Waals surface area contributed by atoms with E-state index in [1.165, 1.54) is 0 Å². The number of fused-ring (bicyclic) bond motifs is 8. The molecular formula is C61H37N5O. The van der Waals surface area contributed by atoms with Gasteiger partial charge >= 0.3 is 0 Å². The Kier molecular flexibility index (Phi) is 9.06. The van der Waals surface area contributed by atoms with Gasteiger partial charge in [0.2, 0.25) is 5.89 Å². The highest BCUT2D eigenvalue weighted by Gasteiger charge is 2.21. The summed E-state index contributed by atoms with van der Waals surface area (Å²) in [6.07, 6.45) is 0. The number of aromatic nitrogens is 5. The molecule has 0 radical (unpaired) electrons. The zero-order valence-electron chi connectivity index (χ0n) is 36.0. The molecule has 0 saturated carbocycles. The van der Waals surface area contributed by atoms with Crippen LogP contribution in [0, 0.1) is 0 Å². The van der Waals surface area contributed by atoms with E-state index in [0.29, 0.717) is 17.5 Å². The zero-order valence-corrected chi connectivity index (χ0v) is 36.0. The van der Waals surface area contributed by atoms with Gasteiger partial charge in [0.1, 0.15) is 5.52 Å². The van der Waals surface area contributed by atoms with E-state index in [4.69, 9.17) is 29.3 Å². The lowest BCUT2D eigenvalue weighted by Crippen LogP contribution is -1.99. The Morgan fingerprint density at radius 1 is 0.269 bits per heavy atom. The van der Waals surface area contributed by atoms with E-state index in [9.17, 15) is 0 Å². The van der Waals surface area contributed by atoms with Crippen LogP contribution in [-0.2, 0) is 0 Å². The highest BCUT2D eigenvalue weighted by Crippen LogP contribution is 2.41. The maximum absolute atomic E-state index is 6.93. The number of oxazole rings is 1. The molecule has 0 fully saturated rings. The lowest BCUT2D eigenvalue weighted by Gasteiger charge is -2.14. The van der Waals surface area contributed by atoms with Crippen LogP contribution >= 0.6 is 0 Å². The van der Waals surface area contributed by atoms with Gasteiger partial charge in [-0.15, -0.1) is 0 Å². The maximum Gasteiger partial charge on any atom is 0.227 e. The van der Waals surface area contributed by atoms with Gasteiger partial charge in [0, 0.05) is 49.7 Å². The van der Waals surface area contributed by atoms with Crippen LogP contribution in [0.4, 0.5) is 0 Å². The molecule has 0 aliphatic heterocycles. The van der Waals surface area contributed by atoms with Crippen LogP contribution in [0.25, 0.3) is 133 Å². The summed E-state index contributed by atoms with van der Waals surface area (Å²) in [7, 11) is 0. The standard InChI is InChI=1S/C61H37N5O/c1-3-19-40(20-4-1)53-36-55(49-31-15-23-38-17-7-9-25-45(38)49)64-59(62-53)42-33-43(35-44(34-42)61-66-57-51-29-13-11-27-47(51)48-28-12-14-30-52(48)58(57)67-61)60-63-54(41-21-5-2-6-22-41)37-56(65-60)50-32-16-24-39-18-8-10-26-46(39)50/h1-37H. The second kappa shape index (κ2) is 15.8. The van der Waals surface area contributed by atoms with E-state index < -0.39 is 0 Å². The van der Waals surface area contributed by atoms with Crippen LogP contribution in [0.2, 0.25) is 0 Å². The average molecular weight is 856 g/mol. The summed E-state index contributed by atoms with van der Waals surface area (Å²) < 4.78 is 6.93. The molecule has 10 aromatic carbocycles. The molecule has 13 rings (SSSR count). The molecule has 6 nitrogen and oxygen atoms in total. The van der Waals surface area contributed by atoms with Gasteiger partial charge in [-0.05, 0) is 62.6 Å². The summed E-state index contributed by atoms with van der Waals surface area (Å²) in [4.78, 5) is 26.8. The monoisotopic (exact) mass is 855 g/mol. The zero-order chi connectivity index (χ0) is 44.3. The van der Waals surface area contributed by atoms with E-state index in [1.54, 1.807) is 0 Å². The predicted molar refractivity (Wildman–Crippen MR) is 273 cm³/mol. The minimum absolute atomic E-state index is 0.474. The Labute approximate surface area is 385 Å². The van der Waals surface area contributed by atoms with Gasteiger partial charge in [-0.3, -0.25) is 0 Å².